The molecule has 0 saturated heterocycles. The van der Waals surface area contributed by atoms with Crippen molar-refractivity contribution in [3.05, 3.63) is 53.3 Å². The highest BCUT2D eigenvalue weighted by atomic mass is 16.1. The number of amides is 1. The maximum Gasteiger partial charge on any atom is 0.255 e. The Kier molecular flexibility index (Phi) is 3.77. The molecule has 0 radical (unpaired) electrons. The first-order valence-corrected chi connectivity index (χ1v) is 5.91. The van der Waals surface area contributed by atoms with Crippen LogP contribution in [0.1, 0.15) is 21.6 Å². The summed E-state index contributed by atoms with van der Waals surface area (Å²) in [5.41, 5.74) is 6.39. The average molecular weight is 256 g/mol. The Morgan fingerprint density at radius 2 is 1.95 bits per heavy atom. The zero-order valence-electron chi connectivity index (χ0n) is 10.9. The molecular weight excluding hydrogens is 240 g/mol. The highest BCUT2D eigenvalue weighted by Crippen LogP contribution is 2.16. The topological polar surface area (TPSA) is 80.0 Å². The van der Waals surface area contributed by atoms with Crippen LogP contribution in [-0.2, 0) is 0 Å². The zero-order chi connectivity index (χ0) is 13.8. The molecule has 1 heterocycles. The van der Waals surface area contributed by atoms with Crippen molar-refractivity contribution in [2.24, 2.45) is 5.84 Å². The van der Waals surface area contributed by atoms with Gasteiger partial charge in [0.25, 0.3) is 5.91 Å². The van der Waals surface area contributed by atoms with E-state index in [1.807, 2.05) is 26.0 Å². The van der Waals surface area contributed by atoms with Crippen LogP contribution < -0.4 is 16.6 Å². The highest BCUT2D eigenvalue weighted by Gasteiger charge is 2.09. The molecule has 0 unspecified atom stereocenters. The summed E-state index contributed by atoms with van der Waals surface area (Å²) < 4.78 is 0. The van der Waals surface area contributed by atoms with E-state index in [9.17, 15) is 4.79 Å². The molecule has 0 saturated carbocycles. The molecule has 2 rings (SSSR count). The average Bonchev–Trinajstić information content (AvgIpc) is 2.38. The lowest BCUT2D eigenvalue weighted by molar-refractivity contribution is 0.102. The number of hydrogen-bond acceptors (Lipinski definition) is 4. The van der Waals surface area contributed by atoms with Crippen LogP contribution in [0.4, 0.5) is 11.4 Å². The number of rotatable bonds is 3. The summed E-state index contributed by atoms with van der Waals surface area (Å²) >= 11 is 0. The van der Waals surface area contributed by atoms with Crippen molar-refractivity contribution in [2.75, 3.05) is 10.7 Å². The van der Waals surface area contributed by atoms with Gasteiger partial charge in [0.2, 0.25) is 0 Å². The molecule has 0 spiro atoms. The number of nitrogens with one attached hydrogen (secondary N) is 2. The van der Waals surface area contributed by atoms with Crippen LogP contribution in [0.15, 0.2) is 36.5 Å². The van der Waals surface area contributed by atoms with Crippen LogP contribution in [0, 0.1) is 13.8 Å². The van der Waals surface area contributed by atoms with Gasteiger partial charge in [0.05, 0.1) is 0 Å². The van der Waals surface area contributed by atoms with Crippen LogP contribution in [0.25, 0.3) is 0 Å². The number of hydrogen-bond donors (Lipinski definition) is 3. The Morgan fingerprint density at radius 3 is 2.58 bits per heavy atom. The van der Waals surface area contributed by atoms with Crippen LogP contribution in [0.2, 0.25) is 0 Å². The summed E-state index contributed by atoms with van der Waals surface area (Å²) in [4.78, 5) is 16.2. The molecule has 4 N–H and O–H groups in total. The van der Waals surface area contributed by atoms with Gasteiger partial charge < -0.3 is 10.7 Å². The van der Waals surface area contributed by atoms with Crippen LogP contribution in [0.5, 0.6) is 0 Å². The standard InChI is InChI=1S/C14H16N4O/c1-9-7-12(18-15)3-4-13(9)14(19)17-11-5-6-16-10(2)8-11/h3-8,18H,15H2,1-2H3,(H,16,17,19). The van der Waals surface area contributed by atoms with Gasteiger partial charge in [0.15, 0.2) is 0 Å². The fourth-order valence-corrected chi connectivity index (χ4v) is 1.83. The van der Waals surface area contributed by atoms with E-state index >= 15 is 0 Å². The fourth-order valence-electron chi connectivity index (χ4n) is 1.83. The first-order valence-electron chi connectivity index (χ1n) is 5.91. The van der Waals surface area contributed by atoms with Crippen molar-refractivity contribution >= 4 is 17.3 Å². The Labute approximate surface area is 111 Å². The summed E-state index contributed by atoms with van der Waals surface area (Å²) in [6.07, 6.45) is 1.67. The SMILES string of the molecule is Cc1cc(NC(=O)c2ccc(NN)cc2C)ccn1. The van der Waals surface area contributed by atoms with Gasteiger partial charge in [-0.25, -0.2) is 0 Å². The summed E-state index contributed by atoms with van der Waals surface area (Å²) in [5.74, 6) is 5.18. The second-order valence-corrected chi connectivity index (χ2v) is 4.31. The van der Waals surface area contributed by atoms with Crippen molar-refractivity contribution in [3.8, 4) is 0 Å². The number of hydrazine groups is 1. The van der Waals surface area contributed by atoms with E-state index in [2.05, 4.69) is 15.7 Å². The lowest BCUT2D eigenvalue weighted by Crippen LogP contribution is -2.14. The van der Waals surface area contributed by atoms with Crippen molar-refractivity contribution < 1.29 is 4.79 Å². The number of aryl methyl sites for hydroxylation is 2. The second kappa shape index (κ2) is 5.49. The van der Waals surface area contributed by atoms with E-state index in [4.69, 9.17) is 5.84 Å². The number of anilines is 2. The van der Waals surface area contributed by atoms with Crippen LogP contribution in [-0.4, -0.2) is 10.9 Å². The first kappa shape index (κ1) is 13.0. The molecule has 98 valence electrons. The maximum absolute atomic E-state index is 12.2. The van der Waals surface area contributed by atoms with Crippen molar-refractivity contribution in [3.63, 3.8) is 0 Å². The molecule has 0 aliphatic rings. The van der Waals surface area contributed by atoms with Gasteiger partial charge in [-0.15, -0.1) is 0 Å². The summed E-state index contributed by atoms with van der Waals surface area (Å²) in [6.45, 7) is 3.75. The fraction of sp³-hybridized carbons (Fsp3) is 0.143. The Balaban J connectivity index is 2.20. The maximum atomic E-state index is 12.2. The van der Waals surface area contributed by atoms with Crippen molar-refractivity contribution in [1.82, 2.24) is 4.98 Å². The van der Waals surface area contributed by atoms with Crippen LogP contribution in [0.3, 0.4) is 0 Å². The number of carbonyl (C=O) groups excluding carboxylic acids is 1. The number of nitrogens with two attached hydrogens (primary N) is 1. The molecule has 2 aromatic rings. The molecule has 0 aliphatic carbocycles. The molecule has 0 bridgehead atoms. The van der Waals surface area contributed by atoms with Crippen LogP contribution >= 0.6 is 0 Å². The van der Waals surface area contributed by atoms with Crippen molar-refractivity contribution in [2.45, 2.75) is 13.8 Å². The second-order valence-electron chi connectivity index (χ2n) is 4.31. The minimum absolute atomic E-state index is 0.147. The monoisotopic (exact) mass is 256 g/mol. The van der Waals surface area contributed by atoms with Gasteiger partial charge >= 0.3 is 0 Å². The van der Waals surface area contributed by atoms with E-state index in [1.54, 1.807) is 24.4 Å². The molecule has 0 aliphatic heterocycles. The molecule has 5 nitrogen and oxygen atoms in total. The third-order valence-electron chi connectivity index (χ3n) is 2.79. The lowest BCUT2D eigenvalue weighted by atomic mass is 10.1. The summed E-state index contributed by atoms with van der Waals surface area (Å²) in [5, 5.41) is 2.85. The quantitative estimate of drug-likeness (QED) is 0.581. The predicted octanol–water partition coefficient (Wildman–Crippen LogP) is 2.24. The minimum atomic E-state index is -0.147. The Morgan fingerprint density at radius 1 is 1.16 bits per heavy atom. The largest absolute Gasteiger partial charge is 0.324 e. The molecule has 1 aromatic heterocycles. The molecular formula is C14H16N4O. The number of nitrogens with zero attached hydrogens (tertiary/aromatic N) is 1. The van der Waals surface area contributed by atoms with Gasteiger partial charge in [-0.3, -0.25) is 15.6 Å². The van der Waals surface area contributed by atoms with Gasteiger partial charge in [-0.2, -0.15) is 0 Å². The van der Waals surface area contributed by atoms with Gasteiger partial charge in [-0.1, -0.05) is 0 Å². The lowest BCUT2D eigenvalue weighted by Gasteiger charge is -2.09. The van der Waals surface area contributed by atoms with Gasteiger partial charge in [-0.05, 0) is 49.7 Å². The summed E-state index contributed by atoms with van der Waals surface area (Å²) in [7, 11) is 0. The normalized spacial score (nSPS) is 10.1. The molecule has 19 heavy (non-hydrogen) atoms. The number of pyridine rings is 1. The molecule has 5 heteroatoms. The Hall–Kier alpha value is -2.40. The third-order valence-corrected chi connectivity index (χ3v) is 2.79. The molecule has 0 atom stereocenters. The third kappa shape index (κ3) is 3.08. The van der Waals surface area contributed by atoms with Gasteiger partial charge in [0, 0.05) is 28.8 Å². The van der Waals surface area contributed by atoms with Crippen molar-refractivity contribution in [1.29, 1.82) is 0 Å². The predicted molar refractivity (Wildman–Crippen MR) is 75.9 cm³/mol. The molecule has 1 amide bonds. The Bertz CT molecular complexity index is 610. The smallest absolute Gasteiger partial charge is 0.255 e. The minimum Gasteiger partial charge on any atom is -0.324 e. The molecule has 1 aromatic carbocycles. The van der Waals surface area contributed by atoms with E-state index in [0.717, 1.165) is 22.6 Å². The van der Waals surface area contributed by atoms with E-state index < -0.39 is 0 Å². The zero-order valence-corrected chi connectivity index (χ0v) is 10.9. The number of nitrogen functional groups attached to an aromatic ring is 1. The van der Waals surface area contributed by atoms with E-state index in [0.29, 0.717) is 5.56 Å². The van der Waals surface area contributed by atoms with Gasteiger partial charge in [0.1, 0.15) is 0 Å². The van der Waals surface area contributed by atoms with E-state index in [1.165, 1.54) is 0 Å². The number of aromatic nitrogens is 1. The number of carbonyl (C=O) groups is 1. The summed E-state index contributed by atoms with van der Waals surface area (Å²) in [6, 6.07) is 8.92. The number of benzene rings is 1. The highest BCUT2D eigenvalue weighted by molar-refractivity contribution is 6.05. The molecule has 0 fully saturated rings. The first-order chi connectivity index (χ1) is 9.10. The van der Waals surface area contributed by atoms with E-state index in [-0.39, 0.29) is 5.91 Å².